The van der Waals surface area contributed by atoms with Crippen LogP contribution in [0.4, 0.5) is 0 Å². The largest absolute Gasteiger partial charge is 0.423 e. The highest BCUT2D eigenvalue weighted by molar-refractivity contribution is 5.06. The van der Waals surface area contributed by atoms with Gasteiger partial charge in [0, 0.05) is 5.92 Å². The number of fused-ring (bicyclic) bond motifs is 1. The molecule has 0 radical (unpaired) electrons. The molecule has 3 atom stereocenters. The first-order valence-electron chi connectivity index (χ1n) is 6.88. The molecule has 2 saturated carbocycles. The minimum Gasteiger partial charge on any atom is -0.423 e. The fourth-order valence-electron chi connectivity index (χ4n) is 3.12. The summed E-state index contributed by atoms with van der Waals surface area (Å²) in [6.07, 6.45) is 4.96. The van der Waals surface area contributed by atoms with Crippen molar-refractivity contribution in [3.63, 3.8) is 0 Å². The molecule has 1 heterocycles. The van der Waals surface area contributed by atoms with Gasteiger partial charge in [0.15, 0.2) is 0 Å². The molecule has 1 aromatic heterocycles. The molecule has 1 N–H and O–H groups in total. The lowest BCUT2D eigenvalue weighted by Crippen LogP contribution is -2.20. The van der Waals surface area contributed by atoms with Crippen LogP contribution in [0.25, 0.3) is 0 Å². The molecule has 2 fully saturated rings. The normalized spacial score (nSPS) is 32.5. The van der Waals surface area contributed by atoms with Crippen molar-refractivity contribution in [2.45, 2.75) is 51.5 Å². The van der Waals surface area contributed by atoms with E-state index in [0.29, 0.717) is 5.92 Å². The van der Waals surface area contributed by atoms with Crippen LogP contribution in [-0.2, 0) is 0 Å². The summed E-state index contributed by atoms with van der Waals surface area (Å²) in [5, 5.41) is 11.8. The minimum atomic E-state index is 0.220. The van der Waals surface area contributed by atoms with Crippen molar-refractivity contribution < 1.29 is 4.42 Å². The lowest BCUT2D eigenvalue weighted by Gasteiger charge is -2.10. The molecule has 4 nitrogen and oxygen atoms in total. The fraction of sp³-hybridized carbons (Fsp3) is 0.846. The van der Waals surface area contributed by atoms with Crippen LogP contribution < -0.4 is 5.32 Å². The van der Waals surface area contributed by atoms with Gasteiger partial charge in [-0.3, -0.25) is 0 Å². The van der Waals surface area contributed by atoms with Crippen LogP contribution in [0.15, 0.2) is 4.42 Å². The Bertz CT molecular complexity index is 363. The Morgan fingerprint density at radius 2 is 2.00 bits per heavy atom. The van der Waals surface area contributed by atoms with E-state index in [2.05, 4.69) is 29.4 Å². The summed E-state index contributed by atoms with van der Waals surface area (Å²) in [5.41, 5.74) is 0. The van der Waals surface area contributed by atoms with Crippen molar-refractivity contribution in [2.75, 3.05) is 6.54 Å². The molecule has 17 heavy (non-hydrogen) atoms. The zero-order chi connectivity index (χ0) is 11.8. The van der Waals surface area contributed by atoms with E-state index < -0.39 is 0 Å². The molecule has 4 heteroatoms. The van der Waals surface area contributed by atoms with Crippen LogP contribution in [0.3, 0.4) is 0 Å². The van der Waals surface area contributed by atoms with Crippen LogP contribution in [0.1, 0.15) is 63.3 Å². The van der Waals surface area contributed by atoms with Gasteiger partial charge in [0.2, 0.25) is 11.8 Å². The lowest BCUT2D eigenvalue weighted by molar-refractivity contribution is 0.356. The molecule has 94 valence electrons. The van der Waals surface area contributed by atoms with Gasteiger partial charge in [0.25, 0.3) is 0 Å². The van der Waals surface area contributed by atoms with Gasteiger partial charge in [-0.05, 0) is 44.1 Å². The summed E-state index contributed by atoms with van der Waals surface area (Å²) >= 11 is 0. The molecule has 0 saturated heterocycles. The Morgan fingerprint density at radius 3 is 2.65 bits per heavy atom. The predicted molar refractivity (Wildman–Crippen MR) is 64.6 cm³/mol. The van der Waals surface area contributed by atoms with Crippen LogP contribution in [-0.4, -0.2) is 16.7 Å². The van der Waals surface area contributed by atoms with Crippen molar-refractivity contribution in [3.8, 4) is 0 Å². The summed E-state index contributed by atoms with van der Waals surface area (Å²) in [6, 6.07) is 0.220. The van der Waals surface area contributed by atoms with Crippen molar-refractivity contribution in [1.29, 1.82) is 0 Å². The maximum Gasteiger partial charge on any atom is 0.233 e. The number of nitrogens with zero attached hydrogens (tertiary/aromatic N) is 2. The van der Waals surface area contributed by atoms with Crippen molar-refractivity contribution >= 4 is 0 Å². The summed E-state index contributed by atoms with van der Waals surface area (Å²) < 4.78 is 5.86. The van der Waals surface area contributed by atoms with E-state index >= 15 is 0 Å². The van der Waals surface area contributed by atoms with Crippen molar-refractivity contribution in [3.05, 3.63) is 11.8 Å². The molecule has 3 rings (SSSR count). The average molecular weight is 235 g/mol. The van der Waals surface area contributed by atoms with Gasteiger partial charge < -0.3 is 9.73 Å². The highest BCUT2D eigenvalue weighted by atomic mass is 16.4. The first-order valence-corrected chi connectivity index (χ1v) is 6.88. The molecule has 0 amide bonds. The second kappa shape index (κ2) is 4.41. The molecule has 0 bridgehead atoms. The van der Waals surface area contributed by atoms with Gasteiger partial charge in [-0.2, -0.15) is 0 Å². The fourth-order valence-corrected chi connectivity index (χ4v) is 3.12. The molecule has 0 aliphatic heterocycles. The Morgan fingerprint density at radius 1 is 1.24 bits per heavy atom. The average Bonchev–Trinajstić information content (AvgIpc) is 2.82. The number of hydrogen-bond acceptors (Lipinski definition) is 4. The highest BCUT2D eigenvalue weighted by Gasteiger charge is 2.47. The van der Waals surface area contributed by atoms with Gasteiger partial charge >= 0.3 is 0 Å². The standard InChI is InChI=1S/C13H21N3O/c1-3-11(14-4-2)13-16-15-12(17-13)10-6-8-5-9(8)7-10/h8-11,14H,3-7H2,1-2H3. The Kier molecular flexibility index (Phi) is 2.90. The molecule has 0 spiro atoms. The molecular formula is C13H21N3O. The lowest BCUT2D eigenvalue weighted by atomic mass is 10.0. The SMILES string of the molecule is CCNC(CC)c1nnc(C2CC3CC3C2)o1. The smallest absolute Gasteiger partial charge is 0.233 e. The first kappa shape index (κ1) is 11.2. The maximum absolute atomic E-state index is 5.86. The Hall–Kier alpha value is -0.900. The number of hydrogen-bond donors (Lipinski definition) is 1. The Balaban J connectivity index is 1.68. The number of nitrogens with one attached hydrogen (secondary N) is 1. The van der Waals surface area contributed by atoms with Gasteiger partial charge in [-0.15, -0.1) is 10.2 Å². The summed E-state index contributed by atoms with van der Waals surface area (Å²) in [7, 11) is 0. The quantitative estimate of drug-likeness (QED) is 0.852. The number of rotatable bonds is 5. The topological polar surface area (TPSA) is 51.0 Å². The maximum atomic E-state index is 5.86. The molecule has 2 aliphatic rings. The third-order valence-electron chi connectivity index (χ3n) is 4.21. The van der Waals surface area contributed by atoms with Gasteiger partial charge in [-0.25, -0.2) is 0 Å². The summed E-state index contributed by atoms with van der Waals surface area (Å²) in [6.45, 7) is 5.18. The van der Waals surface area contributed by atoms with E-state index in [9.17, 15) is 0 Å². The van der Waals surface area contributed by atoms with E-state index in [1.807, 2.05) is 0 Å². The van der Waals surface area contributed by atoms with Crippen LogP contribution in [0, 0.1) is 11.8 Å². The molecule has 1 aromatic rings. The van der Waals surface area contributed by atoms with E-state index in [1.54, 1.807) is 0 Å². The van der Waals surface area contributed by atoms with Crippen LogP contribution in [0.5, 0.6) is 0 Å². The van der Waals surface area contributed by atoms with E-state index in [1.165, 1.54) is 19.3 Å². The molecular weight excluding hydrogens is 214 g/mol. The molecule has 3 unspecified atom stereocenters. The zero-order valence-corrected chi connectivity index (χ0v) is 10.6. The van der Waals surface area contributed by atoms with E-state index in [-0.39, 0.29) is 6.04 Å². The van der Waals surface area contributed by atoms with Crippen molar-refractivity contribution in [2.24, 2.45) is 11.8 Å². The Labute approximate surface area is 102 Å². The van der Waals surface area contributed by atoms with Gasteiger partial charge in [-0.1, -0.05) is 13.8 Å². The second-order valence-corrected chi connectivity index (χ2v) is 5.42. The van der Waals surface area contributed by atoms with Crippen LogP contribution >= 0.6 is 0 Å². The molecule has 2 aliphatic carbocycles. The predicted octanol–water partition coefficient (Wildman–Crippen LogP) is 2.64. The highest BCUT2D eigenvalue weighted by Crippen LogP contribution is 2.57. The summed E-state index contributed by atoms with van der Waals surface area (Å²) in [4.78, 5) is 0. The van der Waals surface area contributed by atoms with Gasteiger partial charge in [0.1, 0.15) is 0 Å². The zero-order valence-electron chi connectivity index (χ0n) is 10.6. The second-order valence-electron chi connectivity index (χ2n) is 5.42. The third-order valence-corrected chi connectivity index (χ3v) is 4.21. The van der Waals surface area contributed by atoms with Crippen molar-refractivity contribution in [1.82, 2.24) is 15.5 Å². The van der Waals surface area contributed by atoms with Crippen LogP contribution in [0.2, 0.25) is 0 Å². The minimum absolute atomic E-state index is 0.220. The van der Waals surface area contributed by atoms with E-state index in [0.717, 1.165) is 36.6 Å². The molecule has 0 aromatic carbocycles. The number of aromatic nitrogens is 2. The monoisotopic (exact) mass is 235 g/mol. The first-order chi connectivity index (χ1) is 8.31. The third kappa shape index (κ3) is 2.10. The van der Waals surface area contributed by atoms with E-state index in [4.69, 9.17) is 4.42 Å². The summed E-state index contributed by atoms with van der Waals surface area (Å²) in [5.74, 6) is 4.12. The van der Waals surface area contributed by atoms with Gasteiger partial charge in [0.05, 0.1) is 6.04 Å².